The van der Waals surface area contributed by atoms with Gasteiger partial charge in [0, 0.05) is 10.6 Å². The molecule has 2 aromatic rings. The van der Waals surface area contributed by atoms with E-state index in [1.165, 1.54) is 0 Å². The van der Waals surface area contributed by atoms with E-state index in [-0.39, 0.29) is 6.04 Å². The van der Waals surface area contributed by atoms with Gasteiger partial charge in [-0.2, -0.15) is 4.98 Å². The summed E-state index contributed by atoms with van der Waals surface area (Å²) in [6.45, 7) is 2.12. The average molecular weight is 266 g/mol. The van der Waals surface area contributed by atoms with Gasteiger partial charge in [0.05, 0.1) is 6.04 Å². The Balaban J connectivity index is 2.15. The first-order valence-corrected chi connectivity index (χ1v) is 6.43. The Labute approximate surface area is 111 Å². The molecule has 18 heavy (non-hydrogen) atoms. The van der Waals surface area contributed by atoms with Crippen LogP contribution in [0.4, 0.5) is 0 Å². The van der Waals surface area contributed by atoms with E-state index in [9.17, 15) is 0 Å². The minimum absolute atomic E-state index is 0.189. The van der Waals surface area contributed by atoms with E-state index in [0.717, 1.165) is 24.8 Å². The van der Waals surface area contributed by atoms with Crippen molar-refractivity contribution >= 4 is 11.6 Å². The summed E-state index contributed by atoms with van der Waals surface area (Å²) in [5.74, 6) is 1.01. The molecule has 1 atom stereocenters. The van der Waals surface area contributed by atoms with Crippen LogP contribution in [0.2, 0.25) is 5.02 Å². The van der Waals surface area contributed by atoms with Crippen LogP contribution in [0.5, 0.6) is 0 Å². The number of halogens is 1. The molecule has 0 aliphatic carbocycles. The number of nitrogens with zero attached hydrogens (tertiary/aromatic N) is 2. The smallest absolute Gasteiger partial charge is 0.243 e. The van der Waals surface area contributed by atoms with Crippen LogP contribution in [0.15, 0.2) is 28.8 Å². The van der Waals surface area contributed by atoms with Crippen molar-refractivity contribution in [3.8, 4) is 11.4 Å². The summed E-state index contributed by atoms with van der Waals surface area (Å²) < 4.78 is 5.19. The molecule has 1 unspecified atom stereocenters. The first-order chi connectivity index (χ1) is 8.70. The van der Waals surface area contributed by atoms with Crippen molar-refractivity contribution in [3.05, 3.63) is 35.2 Å². The first kappa shape index (κ1) is 13.1. The highest BCUT2D eigenvalue weighted by atomic mass is 35.5. The van der Waals surface area contributed by atoms with Crippen molar-refractivity contribution < 1.29 is 4.52 Å². The van der Waals surface area contributed by atoms with Crippen molar-refractivity contribution in [2.75, 3.05) is 0 Å². The Morgan fingerprint density at radius 2 is 2.28 bits per heavy atom. The maximum Gasteiger partial charge on any atom is 0.243 e. The summed E-state index contributed by atoms with van der Waals surface area (Å²) >= 11 is 5.92. The predicted molar refractivity (Wildman–Crippen MR) is 71.2 cm³/mol. The number of aromatic nitrogens is 2. The lowest BCUT2D eigenvalue weighted by atomic mass is 10.1. The Morgan fingerprint density at radius 1 is 1.44 bits per heavy atom. The van der Waals surface area contributed by atoms with Gasteiger partial charge in [0.25, 0.3) is 0 Å². The Hall–Kier alpha value is -1.39. The van der Waals surface area contributed by atoms with Gasteiger partial charge in [0.2, 0.25) is 11.7 Å². The zero-order valence-corrected chi connectivity index (χ0v) is 11.0. The zero-order chi connectivity index (χ0) is 13.0. The van der Waals surface area contributed by atoms with Gasteiger partial charge in [-0.3, -0.25) is 0 Å². The molecule has 0 spiro atoms. The average Bonchev–Trinajstić information content (AvgIpc) is 2.85. The lowest BCUT2D eigenvalue weighted by Crippen LogP contribution is -2.10. The van der Waals surface area contributed by atoms with Crippen molar-refractivity contribution in [2.45, 2.75) is 32.2 Å². The molecule has 0 bridgehead atoms. The number of unbranched alkanes of at least 4 members (excludes halogenated alkanes) is 1. The minimum atomic E-state index is -0.189. The molecule has 5 heteroatoms. The zero-order valence-electron chi connectivity index (χ0n) is 10.3. The maximum atomic E-state index is 5.98. The minimum Gasteiger partial charge on any atom is -0.337 e. The summed E-state index contributed by atoms with van der Waals surface area (Å²) in [4.78, 5) is 4.31. The van der Waals surface area contributed by atoms with Crippen LogP contribution < -0.4 is 5.73 Å². The molecule has 0 fully saturated rings. The second-order valence-electron chi connectivity index (χ2n) is 4.22. The topological polar surface area (TPSA) is 64.9 Å². The highest BCUT2D eigenvalue weighted by Gasteiger charge is 2.15. The van der Waals surface area contributed by atoms with Gasteiger partial charge < -0.3 is 10.3 Å². The number of nitrogens with two attached hydrogens (primary N) is 1. The third-order valence-electron chi connectivity index (χ3n) is 2.71. The van der Waals surface area contributed by atoms with Crippen LogP contribution in [0, 0.1) is 0 Å². The third-order valence-corrected chi connectivity index (χ3v) is 2.95. The number of hydrogen-bond donors (Lipinski definition) is 1. The van der Waals surface area contributed by atoms with Crippen LogP contribution in [0.25, 0.3) is 11.4 Å². The van der Waals surface area contributed by atoms with E-state index in [1.54, 1.807) is 12.1 Å². The van der Waals surface area contributed by atoms with Gasteiger partial charge in [-0.25, -0.2) is 0 Å². The summed E-state index contributed by atoms with van der Waals surface area (Å²) in [5, 5.41) is 4.58. The van der Waals surface area contributed by atoms with Crippen molar-refractivity contribution in [1.82, 2.24) is 10.1 Å². The molecule has 1 aromatic carbocycles. The molecule has 0 radical (unpaired) electrons. The summed E-state index contributed by atoms with van der Waals surface area (Å²) in [6.07, 6.45) is 3.01. The Morgan fingerprint density at radius 3 is 3.00 bits per heavy atom. The summed E-state index contributed by atoms with van der Waals surface area (Å²) in [5.41, 5.74) is 6.81. The molecular weight excluding hydrogens is 250 g/mol. The number of rotatable bonds is 5. The van der Waals surface area contributed by atoms with Crippen molar-refractivity contribution in [2.24, 2.45) is 5.73 Å². The van der Waals surface area contributed by atoms with E-state index in [1.807, 2.05) is 12.1 Å². The second kappa shape index (κ2) is 5.98. The van der Waals surface area contributed by atoms with E-state index in [0.29, 0.717) is 16.7 Å². The summed E-state index contributed by atoms with van der Waals surface area (Å²) in [6, 6.07) is 7.15. The lowest BCUT2D eigenvalue weighted by Gasteiger charge is -2.03. The van der Waals surface area contributed by atoms with Crippen molar-refractivity contribution in [1.29, 1.82) is 0 Å². The van der Waals surface area contributed by atoms with E-state index in [4.69, 9.17) is 21.9 Å². The highest BCUT2D eigenvalue weighted by Crippen LogP contribution is 2.22. The summed E-state index contributed by atoms with van der Waals surface area (Å²) in [7, 11) is 0. The second-order valence-corrected chi connectivity index (χ2v) is 4.65. The molecule has 4 nitrogen and oxygen atoms in total. The molecule has 0 saturated carbocycles. The maximum absolute atomic E-state index is 5.98. The quantitative estimate of drug-likeness (QED) is 0.897. The Kier molecular flexibility index (Phi) is 4.33. The fourth-order valence-electron chi connectivity index (χ4n) is 1.68. The lowest BCUT2D eigenvalue weighted by molar-refractivity contribution is 0.346. The molecule has 0 aliphatic rings. The van der Waals surface area contributed by atoms with Gasteiger partial charge >= 0.3 is 0 Å². The molecule has 1 aromatic heterocycles. The van der Waals surface area contributed by atoms with Crippen molar-refractivity contribution in [3.63, 3.8) is 0 Å². The van der Waals surface area contributed by atoms with Gasteiger partial charge in [-0.1, -0.05) is 48.7 Å². The first-order valence-electron chi connectivity index (χ1n) is 6.06. The van der Waals surface area contributed by atoms with E-state index >= 15 is 0 Å². The predicted octanol–water partition coefficient (Wildman–Crippen LogP) is 3.58. The monoisotopic (exact) mass is 265 g/mol. The largest absolute Gasteiger partial charge is 0.337 e. The molecule has 0 aliphatic heterocycles. The SMILES string of the molecule is CCCCC(N)c1nc(-c2cccc(Cl)c2)no1. The standard InChI is InChI=1S/C13H16ClN3O/c1-2-3-7-11(15)13-16-12(17-18-13)9-5-4-6-10(14)8-9/h4-6,8,11H,2-3,7,15H2,1H3. The van der Waals surface area contributed by atoms with Gasteiger partial charge in [-0.05, 0) is 18.6 Å². The van der Waals surface area contributed by atoms with Crippen LogP contribution in [-0.4, -0.2) is 10.1 Å². The number of hydrogen-bond acceptors (Lipinski definition) is 4. The van der Waals surface area contributed by atoms with Crippen LogP contribution >= 0.6 is 11.6 Å². The molecular formula is C13H16ClN3O. The van der Waals surface area contributed by atoms with Gasteiger partial charge in [0.15, 0.2) is 0 Å². The molecule has 0 amide bonds. The molecule has 2 rings (SSSR count). The Bertz CT molecular complexity index is 512. The highest BCUT2D eigenvalue weighted by molar-refractivity contribution is 6.30. The normalized spacial score (nSPS) is 12.6. The van der Waals surface area contributed by atoms with Gasteiger partial charge in [0.1, 0.15) is 0 Å². The molecule has 96 valence electrons. The number of benzene rings is 1. The van der Waals surface area contributed by atoms with Crippen LogP contribution in [0.3, 0.4) is 0 Å². The molecule has 0 saturated heterocycles. The molecule has 1 heterocycles. The third kappa shape index (κ3) is 3.09. The van der Waals surface area contributed by atoms with E-state index in [2.05, 4.69) is 17.1 Å². The van der Waals surface area contributed by atoms with Crippen LogP contribution in [-0.2, 0) is 0 Å². The molecule has 2 N–H and O–H groups in total. The van der Waals surface area contributed by atoms with Crippen LogP contribution in [0.1, 0.15) is 38.1 Å². The van der Waals surface area contributed by atoms with E-state index < -0.39 is 0 Å². The fraction of sp³-hybridized carbons (Fsp3) is 0.385. The van der Waals surface area contributed by atoms with Gasteiger partial charge in [-0.15, -0.1) is 0 Å². The fourth-order valence-corrected chi connectivity index (χ4v) is 1.87.